The highest BCUT2D eigenvalue weighted by atomic mass is 19.4. The minimum atomic E-state index is -4.45. The van der Waals surface area contributed by atoms with Crippen LogP contribution in [0.5, 0.6) is 0 Å². The molecule has 1 aliphatic heterocycles. The normalized spacial score (nSPS) is 19.1. The minimum absolute atomic E-state index is 0.0428. The number of rotatable bonds is 5. The Morgan fingerprint density at radius 1 is 1.33 bits per heavy atom. The van der Waals surface area contributed by atoms with Crippen molar-refractivity contribution in [3.63, 3.8) is 0 Å². The van der Waals surface area contributed by atoms with Crippen molar-refractivity contribution < 1.29 is 13.2 Å². The van der Waals surface area contributed by atoms with Crippen LogP contribution in [0.25, 0.3) is 0 Å². The van der Waals surface area contributed by atoms with Crippen LogP contribution in [0.15, 0.2) is 6.07 Å². The molecule has 2 rings (SSSR count). The standard InChI is InChI=1S/C14H21F3N4/c1-3-5-10-6-7-21(9-10)12-8-11(14(15,16)17)19-13(20-12)18-4-2/h8,10H,3-7,9H2,1-2H3,(H,18,19,20). The van der Waals surface area contributed by atoms with E-state index in [2.05, 4.69) is 22.2 Å². The summed E-state index contributed by atoms with van der Waals surface area (Å²) in [5, 5.41) is 2.77. The number of aromatic nitrogens is 2. The summed E-state index contributed by atoms with van der Waals surface area (Å²) >= 11 is 0. The van der Waals surface area contributed by atoms with Gasteiger partial charge in [0.15, 0.2) is 5.69 Å². The molecule has 1 aromatic heterocycles. The summed E-state index contributed by atoms with van der Waals surface area (Å²) in [5.74, 6) is 0.954. The number of halogens is 3. The molecule has 1 unspecified atom stereocenters. The fraction of sp³-hybridized carbons (Fsp3) is 0.714. The second-order valence-electron chi connectivity index (χ2n) is 5.35. The van der Waals surface area contributed by atoms with Gasteiger partial charge in [0.05, 0.1) is 0 Å². The van der Waals surface area contributed by atoms with E-state index in [1.165, 1.54) is 0 Å². The molecular weight excluding hydrogens is 281 g/mol. The molecule has 0 spiro atoms. The van der Waals surface area contributed by atoms with Crippen molar-refractivity contribution in [1.29, 1.82) is 0 Å². The van der Waals surface area contributed by atoms with E-state index in [0.717, 1.165) is 38.4 Å². The van der Waals surface area contributed by atoms with Crippen LogP contribution in [0.2, 0.25) is 0 Å². The summed E-state index contributed by atoms with van der Waals surface area (Å²) in [6.45, 7) is 5.94. The lowest BCUT2D eigenvalue weighted by Crippen LogP contribution is -2.23. The van der Waals surface area contributed by atoms with Gasteiger partial charge in [0, 0.05) is 25.7 Å². The zero-order chi connectivity index (χ0) is 15.5. The van der Waals surface area contributed by atoms with Gasteiger partial charge in [0.2, 0.25) is 5.95 Å². The molecule has 21 heavy (non-hydrogen) atoms. The van der Waals surface area contributed by atoms with Crippen molar-refractivity contribution >= 4 is 11.8 Å². The van der Waals surface area contributed by atoms with E-state index in [1.807, 2.05) is 4.90 Å². The number of nitrogens with one attached hydrogen (secondary N) is 1. The summed E-state index contributed by atoms with van der Waals surface area (Å²) in [6, 6.07) is 1.05. The third-order valence-corrected chi connectivity index (χ3v) is 3.64. The van der Waals surface area contributed by atoms with Crippen LogP contribution >= 0.6 is 0 Å². The predicted molar refractivity (Wildman–Crippen MR) is 76.4 cm³/mol. The van der Waals surface area contributed by atoms with E-state index < -0.39 is 11.9 Å². The summed E-state index contributed by atoms with van der Waals surface area (Å²) in [4.78, 5) is 9.69. The second-order valence-corrected chi connectivity index (χ2v) is 5.35. The molecule has 1 N–H and O–H groups in total. The van der Waals surface area contributed by atoms with Gasteiger partial charge in [0.1, 0.15) is 5.82 Å². The largest absolute Gasteiger partial charge is 0.433 e. The topological polar surface area (TPSA) is 41.1 Å². The fourth-order valence-corrected chi connectivity index (χ4v) is 2.66. The first-order valence-corrected chi connectivity index (χ1v) is 7.39. The third kappa shape index (κ3) is 3.98. The highest BCUT2D eigenvalue weighted by molar-refractivity contribution is 5.46. The zero-order valence-corrected chi connectivity index (χ0v) is 12.4. The van der Waals surface area contributed by atoms with Gasteiger partial charge in [-0.05, 0) is 25.7 Å². The van der Waals surface area contributed by atoms with Crippen molar-refractivity contribution in [2.24, 2.45) is 5.92 Å². The maximum Gasteiger partial charge on any atom is 0.433 e. The van der Waals surface area contributed by atoms with E-state index >= 15 is 0 Å². The first kappa shape index (κ1) is 15.9. The Bertz CT molecular complexity index is 476. The first-order chi connectivity index (χ1) is 9.94. The van der Waals surface area contributed by atoms with Gasteiger partial charge in [-0.15, -0.1) is 0 Å². The number of hydrogen-bond acceptors (Lipinski definition) is 4. The molecule has 1 aromatic rings. The van der Waals surface area contributed by atoms with Crippen molar-refractivity contribution in [2.75, 3.05) is 29.9 Å². The van der Waals surface area contributed by atoms with Crippen molar-refractivity contribution in [1.82, 2.24) is 9.97 Å². The molecule has 1 atom stereocenters. The maximum atomic E-state index is 12.9. The number of nitrogens with zero attached hydrogens (tertiary/aromatic N) is 3. The molecule has 4 nitrogen and oxygen atoms in total. The first-order valence-electron chi connectivity index (χ1n) is 7.39. The van der Waals surface area contributed by atoms with Gasteiger partial charge in [-0.3, -0.25) is 0 Å². The molecule has 0 radical (unpaired) electrons. The van der Waals surface area contributed by atoms with Crippen molar-refractivity contribution in [3.05, 3.63) is 11.8 Å². The molecule has 0 bridgehead atoms. The Kier molecular flexibility index (Phi) is 4.90. The van der Waals surface area contributed by atoms with E-state index in [0.29, 0.717) is 18.3 Å². The molecule has 1 saturated heterocycles. The zero-order valence-electron chi connectivity index (χ0n) is 12.4. The molecular formula is C14H21F3N4. The Balaban J connectivity index is 2.24. The van der Waals surface area contributed by atoms with E-state index in [1.54, 1.807) is 6.92 Å². The molecule has 0 aliphatic carbocycles. The van der Waals surface area contributed by atoms with Gasteiger partial charge < -0.3 is 10.2 Å². The second kappa shape index (κ2) is 6.49. The molecule has 0 aromatic carbocycles. The number of hydrogen-bond donors (Lipinski definition) is 1. The van der Waals surface area contributed by atoms with E-state index in [9.17, 15) is 13.2 Å². The molecule has 0 amide bonds. The molecule has 118 valence electrons. The SMILES string of the molecule is CCCC1CCN(c2cc(C(F)(F)F)nc(NCC)n2)C1. The summed E-state index contributed by atoms with van der Waals surface area (Å²) in [6.07, 6.45) is -1.24. The van der Waals surface area contributed by atoms with Crippen molar-refractivity contribution in [3.8, 4) is 0 Å². The molecule has 1 aliphatic rings. The highest BCUT2D eigenvalue weighted by Crippen LogP contribution is 2.32. The van der Waals surface area contributed by atoms with E-state index in [-0.39, 0.29) is 5.95 Å². The van der Waals surface area contributed by atoms with Crippen LogP contribution in [0, 0.1) is 5.92 Å². The van der Waals surface area contributed by atoms with Crippen molar-refractivity contribution in [2.45, 2.75) is 39.3 Å². The summed E-state index contributed by atoms with van der Waals surface area (Å²) < 4.78 is 38.8. The number of alkyl halides is 3. The van der Waals surface area contributed by atoms with Crippen LogP contribution < -0.4 is 10.2 Å². The average Bonchev–Trinajstić information content (AvgIpc) is 2.87. The van der Waals surface area contributed by atoms with Crippen LogP contribution in [0.1, 0.15) is 38.8 Å². The Morgan fingerprint density at radius 2 is 2.10 bits per heavy atom. The third-order valence-electron chi connectivity index (χ3n) is 3.64. The average molecular weight is 302 g/mol. The molecule has 7 heteroatoms. The van der Waals surface area contributed by atoms with Crippen LogP contribution in [-0.2, 0) is 6.18 Å². The van der Waals surface area contributed by atoms with Gasteiger partial charge in [-0.25, -0.2) is 4.98 Å². The molecule has 0 saturated carbocycles. The Hall–Kier alpha value is -1.53. The van der Waals surface area contributed by atoms with Crippen LogP contribution in [-0.4, -0.2) is 29.6 Å². The quantitative estimate of drug-likeness (QED) is 0.903. The van der Waals surface area contributed by atoms with Gasteiger partial charge >= 0.3 is 6.18 Å². The lowest BCUT2D eigenvalue weighted by Gasteiger charge is -2.19. The lowest BCUT2D eigenvalue weighted by molar-refractivity contribution is -0.141. The fourth-order valence-electron chi connectivity index (χ4n) is 2.66. The molecule has 2 heterocycles. The highest BCUT2D eigenvalue weighted by Gasteiger charge is 2.35. The van der Waals surface area contributed by atoms with Gasteiger partial charge in [0.25, 0.3) is 0 Å². The van der Waals surface area contributed by atoms with Gasteiger partial charge in [-0.1, -0.05) is 13.3 Å². The van der Waals surface area contributed by atoms with Crippen LogP contribution in [0.4, 0.5) is 24.9 Å². The van der Waals surface area contributed by atoms with E-state index in [4.69, 9.17) is 0 Å². The van der Waals surface area contributed by atoms with Crippen LogP contribution in [0.3, 0.4) is 0 Å². The Morgan fingerprint density at radius 3 is 2.71 bits per heavy atom. The predicted octanol–water partition coefficient (Wildman–Crippen LogP) is 3.55. The molecule has 1 fully saturated rings. The minimum Gasteiger partial charge on any atom is -0.356 e. The Labute approximate surface area is 122 Å². The lowest BCUT2D eigenvalue weighted by atomic mass is 10.0. The maximum absolute atomic E-state index is 12.9. The monoisotopic (exact) mass is 302 g/mol. The smallest absolute Gasteiger partial charge is 0.356 e. The number of anilines is 2. The summed E-state index contributed by atoms with van der Waals surface area (Å²) in [7, 11) is 0. The van der Waals surface area contributed by atoms with Gasteiger partial charge in [-0.2, -0.15) is 18.2 Å². The summed E-state index contributed by atoms with van der Waals surface area (Å²) in [5.41, 5.74) is -0.887.